The van der Waals surface area contributed by atoms with Gasteiger partial charge in [-0.1, -0.05) is 91.0 Å². The Balaban J connectivity index is 1.63. The highest BCUT2D eigenvalue weighted by atomic mass is 16.5. The minimum absolute atomic E-state index is 0.0213. The molecule has 0 fully saturated rings. The van der Waals surface area contributed by atoms with Crippen LogP contribution in [-0.4, -0.2) is 15.8 Å². The second kappa shape index (κ2) is 10.4. The SMILES string of the molecule is Cc1cc(OC(c2ccccc2)(c2ccccc2)c2ccccc2)cc(C(=O)Cc2ccncn2)c1. The molecule has 0 spiro atoms. The highest BCUT2D eigenvalue weighted by molar-refractivity contribution is 5.97. The van der Waals surface area contributed by atoms with Crippen LogP contribution in [0.25, 0.3) is 0 Å². The minimum Gasteiger partial charge on any atom is -0.473 e. The van der Waals surface area contributed by atoms with E-state index in [4.69, 9.17) is 4.74 Å². The third kappa shape index (κ3) is 4.80. The number of aromatic nitrogens is 2. The Morgan fingerprint density at radius 1 is 0.750 bits per heavy atom. The van der Waals surface area contributed by atoms with E-state index >= 15 is 0 Å². The Morgan fingerprint density at radius 3 is 1.81 bits per heavy atom. The van der Waals surface area contributed by atoms with E-state index in [0.717, 1.165) is 22.3 Å². The lowest BCUT2D eigenvalue weighted by molar-refractivity contribution is 0.0990. The molecule has 0 aliphatic rings. The first kappa shape index (κ1) is 23.2. The van der Waals surface area contributed by atoms with E-state index in [9.17, 15) is 4.79 Å². The van der Waals surface area contributed by atoms with Gasteiger partial charge in [0.15, 0.2) is 11.4 Å². The average molecular weight is 471 g/mol. The van der Waals surface area contributed by atoms with Crippen molar-refractivity contribution in [1.82, 2.24) is 9.97 Å². The van der Waals surface area contributed by atoms with Crippen LogP contribution in [0.2, 0.25) is 0 Å². The fraction of sp³-hybridized carbons (Fsp3) is 0.0938. The van der Waals surface area contributed by atoms with Crippen molar-refractivity contribution < 1.29 is 9.53 Å². The number of ether oxygens (including phenoxy) is 1. The molecule has 4 aromatic carbocycles. The number of nitrogens with zero attached hydrogens (tertiary/aromatic N) is 2. The van der Waals surface area contributed by atoms with E-state index in [1.54, 1.807) is 12.3 Å². The van der Waals surface area contributed by atoms with Crippen LogP contribution in [0.4, 0.5) is 0 Å². The molecule has 0 amide bonds. The number of carbonyl (C=O) groups is 1. The maximum absolute atomic E-state index is 13.2. The second-order valence-electron chi connectivity index (χ2n) is 8.72. The topological polar surface area (TPSA) is 52.1 Å². The van der Waals surface area contributed by atoms with Crippen LogP contribution in [0.3, 0.4) is 0 Å². The predicted molar refractivity (Wildman–Crippen MR) is 141 cm³/mol. The third-order valence-corrected chi connectivity index (χ3v) is 6.17. The summed E-state index contributed by atoms with van der Waals surface area (Å²) in [6, 6.07) is 38.1. The first-order valence-electron chi connectivity index (χ1n) is 11.9. The molecule has 0 aliphatic carbocycles. The fourth-order valence-corrected chi connectivity index (χ4v) is 4.53. The van der Waals surface area contributed by atoms with Gasteiger partial charge in [0, 0.05) is 28.5 Å². The maximum atomic E-state index is 13.2. The lowest BCUT2D eigenvalue weighted by Gasteiger charge is -2.36. The molecule has 0 aliphatic heterocycles. The molecule has 0 N–H and O–H groups in total. The molecule has 1 heterocycles. The van der Waals surface area contributed by atoms with Crippen LogP contribution in [0.15, 0.2) is 128 Å². The molecular formula is C32H26N2O2. The summed E-state index contributed by atoms with van der Waals surface area (Å²) in [4.78, 5) is 21.3. The van der Waals surface area contributed by atoms with Crippen molar-refractivity contribution in [3.8, 4) is 5.75 Å². The van der Waals surface area contributed by atoms with Crippen LogP contribution < -0.4 is 4.74 Å². The molecule has 0 saturated heterocycles. The zero-order valence-corrected chi connectivity index (χ0v) is 20.0. The van der Waals surface area contributed by atoms with Crippen LogP contribution >= 0.6 is 0 Å². The monoisotopic (exact) mass is 470 g/mol. The molecule has 5 rings (SSSR count). The van der Waals surface area contributed by atoms with Crippen LogP contribution in [-0.2, 0) is 12.0 Å². The first-order chi connectivity index (χ1) is 17.6. The lowest BCUT2D eigenvalue weighted by atomic mass is 9.80. The maximum Gasteiger partial charge on any atom is 0.184 e. The van der Waals surface area contributed by atoms with Gasteiger partial charge in [-0.05, 0) is 36.8 Å². The third-order valence-electron chi connectivity index (χ3n) is 6.17. The van der Waals surface area contributed by atoms with Gasteiger partial charge in [0.05, 0.1) is 12.1 Å². The Hall–Kier alpha value is -4.57. The highest BCUT2D eigenvalue weighted by Crippen LogP contribution is 2.41. The van der Waals surface area contributed by atoms with Gasteiger partial charge < -0.3 is 4.74 Å². The summed E-state index contributed by atoms with van der Waals surface area (Å²) in [7, 11) is 0. The van der Waals surface area contributed by atoms with E-state index in [-0.39, 0.29) is 12.2 Å². The van der Waals surface area contributed by atoms with Gasteiger partial charge in [-0.25, -0.2) is 9.97 Å². The number of carbonyl (C=O) groups excluding carboxylic acids is 1. The molecule has 0 bridgehead atoms. The summed E-state index contributed by atoms with van der Waals surface area (Å²) < 4.78 is 7.00. The van der Waals surface area contributed by atoms with Gasteiger partial charge in [-0.2, -0.15) is 0 Å². The summed E-state index contributed by atoms with van der Waals surface area (Å²) in [6.07, 6.45) is 3.31. The average Bonchev–Trinajstić information content (AvgIpc) is 2.93. The van der Waals surface area contributed by atoms with Crippen molar-refractivity contribution in [1.29, 1.82) is 0 Å². The zero-order valence-electron chi connectivity index (χ0n) is 20.0. The van der Waals surface area contributed by atoms with E-state index in [2.05, 4.69) is 46.4 Å². The highest BCUT2D eigenvalue weighted by Gasteiger charge is 2.39. The molecule has 4 heteroatoms. The molecule has 0 saturated carbocycles. The molecule has 1 aromatic heterocycles. The van der Waals surface area contributed by atoms with E-state index < -0.39 is 5.60 Å². The molecular weight excluding hydrogens is 444 g/mol. The smallest absolute Gasteiger partial charge is 0.184 e. The molecule has 36 heavy (non-hydrogen) atoms. The molecule has 0 atom stereocenters. The molecule has 4 nitrogen and oxygen atoms in total. The van der Waals surface area contributed by atoms with Crippen molar-refractivity contribution in [2.24, 2.45) is 0 Å². The van der Waals surface area contributed by atoms with Crippen molar-refractivity contribution in [2.45, 2.75) is 18.9 Å². The van der Waals surface area contributed by atoms with Crippen molar-refractivity contribution in [2.75, 3.05) is 0 Å². The Morgan fingerprint density at radius 2 is 1.31 bits per heavy atom. The van der Waals surface area contributed by atoms with Gasteiger partial charge >= 0.3 is 0 Å². The number of aryl methyl sites for hydroxylation is 1. The van der Waals surface area contributed by atoms with Gasteiger partial charge in [0.1, 0.15) is 12.1 Å². The van der Waals surface area contributed by atoms with Crippen LogP contribution in [0.1, 0.15) is 38.3 Å². The molecule has 5 aromatic rings. The fourth-order valence-electron chi connectivity index (χ4n) is 4.53. The van der Waals surface area contributed by atoms with Gasteiger partial charge in [0.2, 0.25) is 0 Å². The Labute approximate surface area is 211 Å². The number of benzene rings is 4. The Kier molecular flexibility index (Phi) is 6.67. The summed E-state index contributed by atoms with van der Waals surface area (Å²) in [5.74, 6) is 0.601. The summed E-state index contributed by atoms with van der Waals surface area (Å²) in [5, 5.41) is 0. The second-order valence-corrected chi connectivity index (χ2v) is 8.72. The number of Topliss-reactive ketones (excluding diaryl/α,β-unsaturated/α-hetero) is 1. The molecule has 0 unspecified atom stereocenters. The summed E-state index contributed by atoms with van der Waals surface area (Å²) in [5.41, 5.74) is 4.30. The number of rotatable bonds is 8. The number of hydrogen-bond donors (Lipinski definition) is 0. The van der Waals surface area contributed by atoms with Crippen molar-refractivity contribution in [3.05, 3.63) is 161 Å². The predicted octanol–water partition coefficient (Wildman–Crippen LogP) is 6.58. The van der Waals surface area contributed by atoms with Crippen LogP contribution in [0, 0.1) is 6.92 Å². The van der Waals surface area contributed by atoms with Crippen LogP contribution in [0.5, 0.6) is 5.75 Å². The van der Waals surface area contributed by atoms with Gasteiger partial charge in [-0.3, -0.25) is 4.79 Å². The first-order valence-corrected chi connectivity index (χ1v) is 11.9. The van der Waals surface area contributed by atoms with Gasteiger partial charge in [0.25, 0.3) is 0 Å². The molecule has 176 valence electrons. The normalized spacial score (nSPS) is 11.1. The summed E-state index contributed by atoms with van der Waals surface area (Å²) in [6.45, 7) is 1.98. The quantitative estimate of drug-likeness (QED) is 0.190. The number of hydrogen-bond acceptors (Lipinski definition) is 4. The standard InChI is InChI=1S/C32H26N2O2/c1-24-19-25(31(35)22-29-17-18-33-23-34-29)21-30(20-24)36-32(26-11-5-2-6-12-26,27-13-7-3-8-14-27)28-15-9-4-10-16-28/h2-21,23H,22H2,1H3. The van der Waals surface area contributed by atoms with Crippen molar-refractivity contribution >= 4 is 5.78 Å². The zero-order chi connectivity index (χ0) is 24.8. The van der Waals surface area contributed by atoms with E-state index in [1.807, 2.05) is 79.7 Å². The lowest BCUT2D eigenvalue weighted by Crippen LogP contribution is -2.36. The van der Waals surface area contributed by atoms with Crippen molar-refractivity contribution in [3.63, 3.8) is 0 Å². The van der Waals surface area contributed by atoms with E-state index in [1.165, 1.54) is 6.33 Å². The molecule has 0 radical (unpaired) electrons. The number of ketones is 1. The summed E-state index contributed by atoms with van der Waals surface area (Å²) >= 11 is 0. The van der Waals surface area contributed by atoms with Gasteiger partial charge in [-0.15, -0.1) is 0 Å². The van der Waals surface area contributed by atoms with E-state index in [0.29, 0.717) is 17.0 Å². The Bertz CT molecular complexity index is 1340. The minimum atomic E-state index is -0.912. The largest absolute Gasteiger partial charge is 0.473 e.